The van der Waals surface area contributed by atoms with Crippen molar-refractivity contribution in [2.45, 2.75) is 0 Å². The Balaban J connectivity index is 1.38. The Bertz CT molecular complexity index is 1460. The summed E-state index contributed by atoms with van der Waals surface area (Å²) in [6.07, 6.45) is 0. The third-order valence-electron chi connectivity index (χ3n) is 4.76. The Morgan fingerprint density at radius 2 is 1.78 bits per heavy atom. The van der Waals surface area contributed by atoms with E-state index in [0.29, 0.717) is 33.5 Å². The lowest BCUT2D eigenvalue weighted by Gasteiger charge is -2.02. The Hall–Kier alpha value is -2.62. The highest BCUT2D eigenvalue weighted by molar-refractivity contribution is 14.1. The second-order valence-electron chi connectivity index (χ2n) is 6.95. The number of fused-ring (bicyclic) bond motifs is 1. The van der Waals surface area contributed by atoms with Gasteiger partial charge in [0.2, 0.25) is 5.89 Å². The summed E-state index contributed by atoms with van der Waals surface area (Å²) in [5.74, 6) is 0.950. The fraction of sp³-hybridized carbons (Fsp3) is 0. The van der Waals surface area contributed by atoms with E-state index in [4.69, 9.17) is 20.4 Å². The van der Waals surface area contributed by atoms with E-state index in [1.54, 1.807) is 42.5 Å². The van der Waals surface area contributed by atoms with Gasteiger partial charge in [-0.1, -0.05) is 11.6 Å². The number of aromatic nitrogens is 1. The predicted octanol–water partition coefficient (Wildman–Crippen LogP) is 8.03. The molecule has 0 bridgehead atoms. The van der Waals surface area contributed by atoms with Crippen molar-refractivity contribution in [1.29, 1.82) is 0 Å². The van der Waals surface area contributed by atoms with Gasteiger partial charge in [0.25, 0.3) is 5.91 Å². The standard InChI is InChI=1S/C24H13BrClIN2O3/c25-18-7-5-15(27)11-17(18)24-29-19-12-16(6-8-21(19)32-24)28-23(30)22-10-9-20(31-22)13-1-3-14(26)4-2-13/h1-12H,(H,28,30). The van der Waals surface area contributed by atoms with E-state index in [2.05, 4.69) is 48.8 Å². The molecule has 1 amide bonds. The van der Waals surface area contributed by atoms with Gasteiger partial charge in [0.05, 0.1) is 5.56 Å². The van der Waals surface area contributed by atoms with Gasteiger partial charge in [-0.05, 0) is 111 Å². The predicted molar refractivity (Wildman–Crippen MR) is 137 cm³/mol. The fourth-order valence-corrected chi connectivity index (χ4v) is 4.24. The second kappa shape index (κ2) is 8.73. The van der Waals surface area contributed by atoms with Gasteiger partial charge in [0, 0.05) is 24.3 Å². The first-order chi connectivity index (χ1) is 15.5. The average Bonchev–Trinajstić information content (AvgIpc) is 3.43. The van der Waals surface area contributed by atoms with Gasteiger partial charge >= 0.3 is 0 Å². The van der Waals surface area contributed by atoms with Crippen molar-refractivity contribution >= 4 is 72.8 Å². The van der Waals surface area contributed by atoms with E-state index in [0.717, 1.165) is 19.2 Å². The zero-order valence-corrected chi connectivity index (χ0v) is 20.7. The van der Waals surface area contributed by atoms with Crippen LogP contribution in [0.25, 0.3) is 33.9 Å². The third-order valence-corrected chi connectivity index (χ3v) is 6.38. The van der Waals surface area contributed by atoms with Crippen molar-refractivity contribution in [1.82, 2.24) is 4.98 Å². The summed E-state index contributed by atoms with van der Waals surface area (Å²) in [5, 5.41) is 3.49. The molecule has 0 unspecified atom stereocenters. The maximum absolute atomic E-state index is 12.7. The molecule has 0 aliphatic carbocycles. The van der Waals surface area contributed by atoms with Crippen LogP contribution in [0.15, 0.2) is 86.1 Å². The molecular formula is C24H13BrClIN2O3. The van der Waals surface area contributed by atoms with Gasteiger partial charge in [-0.15, -0.1) is 0 Å². The molecule has 0 fully saturated rings. The van der Waals surface area contributed by atoms with Crippen molar-refractivity contribution in [3.05, 3.63) is 91.6 Å². The van der Waals surface area contributed by atoms with E-state index in [1.165, 1.54) is 0 Å². The molecule has 5 rings (SSSR count). The van der Waals surface area contributed by atoms with Gasteiger partial charge in [-0.2, -0.15) is 0 Å². The highest BCUT2D eigenvalue weighted by atomic mass is 127. The van der Waals surface area contributed by atoms with E-state index in [9.17, 15) is 4.79 Å². The number of carbonyl (C=O) groups excluding carboxylic acids is 1. The van der Waals surface area contributed by atoms with Crippen LogP contribution in [0.1, 0.15) is 10.6 Å². The summed E-state index contributed by atoms with van der Waals surface area (Å²) in [6.45, 7) is 0. The monoisotopic (exact) mass is 618 g/mol. The number of nitrogens with one attached hydrogen (secondary N) is 1. The number of furan rings is 1. The fourth-order valence-electron chi connectivity index (χ4n) is 3.20. The molecule has 158 valence electrons. The number of oxazole rings is 1. The smallest absolute Gasteiger partial charge is 0.291 e. The third kappa shape index (κ3) is 4.32. The van der Waals surface area contributed by atoms with Crippen molar-refractivity contribution in [2.24, 2.45) is 0 Å². The first-order valence-corrected chi connectivity index (χ1v) is 11.7. The lowest BCUT2D eigenvalue weighted by atomic mass is 10.2. The van der Waals surface area contributed by atoms with Crippen molar-refractivity contribution in [2.75, 3.05) is 5.32 Å². The Morgan fingerprint density at radius 3 is 2.59 bits per heavy atom. The molecule has 3 aromatic carbocycles. The van der Waals surface area contributed by atoms with Crippen LogP contribution >= 0.6 is 50.1 Å². The first-order valence-electron chi connectivity index (χ1n) is 9.49. The molecule has 0 aliphatic rings. The van der Waals surface area contributed by atoms with Gasteiger partial charge in [-0.25, -0.2) is 4.98 Å². The van der Waals surface area contributed by atoms with Crippen LogP contribution in [-0.4, -0.2) is 10.9 Å². The van der Waals surface area contributed by atoms with Gasteiger partial charge in [-0.3, -0.25) is 4.79 Å². The maximum atomic E-state index is 12.7. The molecular weight excluding hydrogens is 607 g/mol. The zero-order valence-electron chi connectivity index (χ0n) is 16.2. The van der Waals surface area contributed by atoms with Crippen LogP contribution in [0.4, 0.5) is 5.69 Å². The topological polar surface area (TPSA) is 68.3 Å². The summed E-state index contributed by atoms with van der Waals surface area (Å²) >= 11 is 11.7. The summed E-state index contributed by atoms with van der Waals surface area (Å²) in [7, 11) is 0. The molecule has 0 radical (unpaired) electrons. The summed E-state index contributed by atoms with van der Waals surface area (Å²) in [6, 6.07) is 21.9. The normalized spacial score (nSPS) is 11.1. The number of carbonyl (C=O) groups is 1. The van der Waals surface area contributed by atoms with E-state index < -0.39 is 0 Å². The molecule has 0 aliphatic heterocycles. The molecule has 5 nitrogen and oxygen atoms in total. The molecule has 0 atom stereocenters. The molecule has 0 saturated heterocycles. The highest BCUT2D eigenvalue weighted by Gasteiger charge is 2.15. The number of halogens is 3. The molecule has 1 N–H and O–H groups in total. The quantitative estimate of drug-likeness (QED) is 0.207. The molecule has 8 heteroatoms. The molecule has 0 spiro atoms. The second-order valence-corrected chi connectivity index (χ2v) is 9.49. The van der Waals surface area contributed by atoms with Crippen LogP contribution in [0.3, 0.4) is 0 Å². The van der Waals surface area contributed by atoms with Crippen LogP contribution in [-0.2, 0) is 0 Å². The van der Waals surface area contributed by atoms with Gasteiger partial charge in [0.15, 0.2) is 11.3 Å². The van der Waals surface area contributed by atoms with Gasteiger partial charge < -0.3 is 14.2 Å². The maximum Gasteiger partial charge on any atom is 0.291 e. The molecule has 2 aromatic heterocycles. The Morgan fingerprint density at radius 1 is 0.969 bits per heavy atom. The minimum atomic E-state index is -0.353. The largest absolute Gasteiger partial charge is 0.451 e. The SMILES string of the molecule is O=C(Nc1ccc2oc(-c3cc(I)ccc3Br)nc2c1)c1ccc(-c2ccc(Cl)cc2)o1. The number of rotatable bonds is 4. The number of hydrogen-bond donors (Lipinski definition) is 1. The van der Waals surface area contributed by atoms with Crippen LogP contribution < -0.4 is 5.32 Å². The Kier molecular flexibility index (Phi) is 5.79. The zero-order chi connectivity index (χ0) is 22.2. The molecule has 0 saturated carbocycles. The van der Waals surface area contributed by atoms with Crippen LogP contribution in [0.5, 0.6) is 0 Å². The minimum Gasteiger partial charge on any atom is -0.451 e. The summed E-state index contributed by atoms with van der Waals surface area (Å²) in [4.78, 5) is 17.3. The molecule has 2 heterocycles. The first kappa shape index (κ1) is 21.2. The highest BCUT2D eigenvalue weighted by Crippen LogP contribution is 2.32. The Labute approximate surface area is 210 Å². The van der Waals surface area contributed by atoms with E-state index >= 15 is 0 Å². The van der Waals surface area contributed by atoms with Crippen LogP contribution in [0, 0.1) is 3.57 Å². The lowest BCUT2D eigenvalue weighted by Crippen LogP contribution is -2.10. The van der Waals surface area contributed by atoms with E-state index in [1.807, 2.05) is 30.3 Å². The molecule has 32 heavy (non-hydrogen) atoms. The van der Waals surface area contributed by atoms with Gasteiger partial charge in [0.1, 0.15) is 11.3 Å². The van der Waals surface area contributed by atoms with Crippen molar-refractivity contribution in [3.63, 3.8) is 0 Å². The lowest BCUT2D eigenvalue weighted by molar-refractivity contribution is 0.0997. The number of benzene rings is 3. The van der Waals surface area contributed by atoms with Crippen molar-refractivity contribution in [3.8, 4) is 22.8 Å². The minimum absolute atomic E-state index is 0.207. The van der Waals surface area contributed by atoms with Crippen LogP contribution in [0.2, 0.25) is 5.02 Å². The van der Waals surface area contributed by atoms with Crippen molar-refractivity contribution < 1.29 is 13.6 Å². The van der Waals surface area contributed by atoms with E-state index in [-0.39, 0.29) is 11.7 Å². The number of nitrogens with zero attached hydrogens (tertiary/aromatic N) is 1. The molecule has 5 aromatic rings. The number of hydrogen-bond acceptors (Lipinski definition) is 4. The summed E-state index contributed by atoms with van der Waals surface area (Å²) in [5.41, 5.74) is 3.57. The summed E-state index contributed by atoms with van der Waals surface area (Å²) < 4.78 is 13.6. The number of amides is 1. The number of anilines is 1. The average molecular weight is 620 g/mol.